The van der Waals surface area contributed by atoms with E-state index in [1.807, 2.05) is 24.6 Å². The van der Waals surface area contributed by atoms with Crippen LogP contribution in [-0.2, 0) is 43.7 Å². The Morgan fingerprint density at radius 1 is 0.860 bits per heavy atom. The van der Waals surface area contributed by atoms with Crippen LogP contribution in [0.15, 0.2) is 48.7 Å². The van der Waals surface area contributed by atoms with Gasteiger partial charge in [-0.25, -0.2) is 21.0 Å². The predicted molar refractivity (Wildman–Crippen MR) is 191 cm³/mol. The number of nitrogens with zero attached hydrogens (tertiary/aromatic N) is 2. The van der Waals surface area contributed by atoms with Gasteiger partial charge in [0.2, 0.25) is 20.8 Å². The zero-order valence-corrected chi connectivity index (χ0v) is 42.2. The summed E-state index contributed by atoms with van der Waals surface area (Å²) >= 11 is 0. The SMILES string of the molecule is C=C(C)[C@@H](CC[C@@H](C)[C@H]1CC[C@H]2[C@@H]3C[C@H](OS(=O)(=O)[O-])[C@H]4C[C@@H](OS(=O)(=O)[O-])[C@@H](OS(=O)(=O)O)C[C@]4(C)[C@H]3CC[C@]12C)n1nccc1-c1ccc([O-])cc1.[Na+].[Na+].[Na+]. The first-order chi connectivity index (χ1) is 25.0. The van der Waals surface area contributed by atoms with Crippen LogP contribution in [0.3, 0.4) is 0 Å². The zero-order chi connectivity index (χ0) is 39.6. The van der Waals surface area contributed by atoms with Crippen molar-refractivity contribution in [2.24, 2.45) is 46.3 Å². The van der Waals surface area contributed by atoms with Crippen molar-refractivity contribution in [2.75, 3.05) is 0 Å². The Labute approximate surface area is 403 Å². The molecular formula is C36H49N2Na3O13S3. The maximum absolute atomic E-state index is 12.1. The van der Waals surface area contributed by atoms with E-state index < -0.39 is 60.8 Å². The number of hydrogen-bond donors (Lipinski definition) is 1. The zero-order valence-electron chi connectivity index (χ0n) is 33.8. The molecule has 4 fully saturated rings. The van der Waals surface area contributed by atoms with Crippen LogP contribution in [0.2, 0.25) is 0 Å². The molecular weight excluding hydrogens is 834 g/mol. The van der Waals surface area contributed by atoms with E-state index in [4.69, 9.17) is 12.5 Å². The Hall–Kier alpha value is 0.580. The van der Waals surface area contributed by atoms with Crippen molar-refractivity contribution in [2.45, 2.75) is 110 Å². The van der Waals surface area contributed by atoms with E-state index in [1.165, 1.54) is 12.1 Å². The minimum Gasteiger partial charge on any atom is -0.872 e. The smallest absolute Gasteiger partial charge is 0.872 e. The molecule has 21 heteroatoms. The van der Waals surface area contributed by atoms with E-state index in [9.17, 15) is 44.0 Å². The van der Waals surface area contributed by atoms with Crippen molar-refractivity contribution in [3.63, 3.8) is 0 Å². The molecule has 0 spiro atoms. The van der Waals surface area contributed by atoms with Crippen LogP contribution >= 0.6 is 0 Å². The van der Waals surface area contributed by atoms with Gasteiger partial charge in [-0.2, -0.15) is 13.5 Å². The molecule has 6 rings (SSSR count). The third-order valence-corrected chi connectivity index (χ3v) is 15.2. The van der Waals surface area contributed by atoms with Crippen LogP contribution < -0.4 is 93.8 Å². The van der Waals surface area contributed by atoms with Crippen LogP contribution in [0.5, 0.6) is 5.75 Å². The summed E-state index contributed by atoms with van der Waals surface area (Å²) in [6.45, 7) is 12.6. The third kappa shape index (κ3) is 11.6. The van der Waals surface area contributed by atoms with Crippen molar-refractivity contribution in [3.05, 3.63) is 48.7 Å². The fraction of sp³-hybridized carbons (Fsp3) is 0.694. The van der Waals surface area contributed by atoms with Gasteiger partial charge in [-0.15, -0.1) is 5.75 Å². The van der Waals surface area contributed by atoms with E-state index >= 15 is 0 Å². The van der Waals surface area contributed by atoms with Crippen LogP contribution in [0.4, 0.5) is 0 Å². The molecule has 0 saturated heterocycles. The van der Waals surface area contributed by atoms with Gasteiger partial charge in [0.05, 0.1) is 17.8 Å². The van der Waals surface area contributed by atoms with Gasteiger partial charge in [-0.05, 0) is 123 Å². The number of allylic oxidation sites excluding steroid dienone is 1. The standard InChI is InChI=1S/C36H52N2O13S3.3Na/c1-21(2)30(38-31(15-17-37-38)23-7-9-24(39)10-8-23)13-6-22(3)26-11-12-27-25-18-32(49-52(40,41)42)29-19-33(50-53(43,44)45)34(51-54(46,47)48)20-36(29,5)28(25)14-16-35(26,27)4;;;/h7-10,15,17,22,25-30,32-34,39H,1,6,11-14,16,18-20H2,2-5H3,(H,40,41,42)(H,43,44,45)(H,46,47,48);;;/q;3*+1/p-3/t22-,25+,26-,27+,28+,29-,30-,32+,33-,34+,35-,36-;;;/m1.../s1. The van der Waals surface area contributed by atoms with Gasteiger partial charge in [0.25, 0.3) is 0 Å². The first-order valence-corrected chi connectivity index (χ1v) is 22.4. The third-order valence-electron chi connectivity index (χ3n) is 13.7. The van der Waals surface area contributed by atoms with Gasteiger partial charge in [0.15, 0.2) is 0 Å². The van der Waals surface area contributed by atoms with Gasteiger partial charge in [0, 0.05) is 6.20 Å². The first-order valence-electron chi connectivity index (χ1n) is 18.4. The summed E-state index contributed by atoms with van der Waals surface area (Å²) in [6.07, 6.45) is 1.89. The number of rotatable bonds is 13. The number of hydrogen-bond acceptors (Lipinski definition) is 13. The van der Waals surface area contributed by atoms with Crippen LogP contribution in [0.25, 0.3) is 11.3 Å². The van der Waals surface area contributed by atoms with Gasteiger partial charge in [0.1, 0.15) is 12.2 Å². The minimum absolute atomic E-state index is 0. The van der Waals surface area contributed by atoms with Crippen LogP contribution in [0, 0.1) is 46.3 Å². The number of fused-ring (bicyclic) bond motifs is 5. The second-order valence-corrected chi connectivity index (χ2v) is 19.7. The average Bonchev–Trinajstić information content (AvgIpc) is 3.65. The molecule has 0 amide bonds. The molecule has 0 aliphatic heterocycles. The Kier molecular flexibility index (Phi) is 17.8. The van der Waals surface area contributed by atoms with E-state index in [1.54, 1.807) is 18.3 Å². The molecule has 0 radical (unpaired) electrons. The van der Waals surface area contributed by atoms with Gasteiger partial charge >= 0.3 is 99.1 Å². The summed E-state index contributed by atoms with van der Waals surface area (Å²) in [5.41, 5.74) is 1.65. The molecule has 4 aliphatic rings. The van der Waals surface area contributed by atoms with Crippen LogP contribution in [0.1, 0.15) is 91.5 Å². The largest absolute Gasteiger partial charge is 1.00 e. The van der Waals surface area contributed by atoms with E-state index in [0.717, 1.165) is 48.9 Å². The monoisotopic (exact) mass is 882 g/mol. The van der Waals surface area contributed by atoms with Gasteiger partial charge in [-0.1, -0.05) is 57.2 Å². The van der Waals surface area contributed by atoms with Crippen molar-refractivity contribution in [1.29, 1.82) is 0 Å². The second-order valence-electron chi connectivity index (χ2n) is 16.6. The molecule has 0 bridgehead atoms. The normalized spacial score (nSPS) is 33.5. The van der Waals surface area contributed by atoms with Gasteiger partial charge < -0.3 is 14.2 Å². The van der Waals surface area contributed by atoms with Crippen LogP contribution in [-0.4, -0.2) is 67.0 Å². The molecule has 57 heavy (non-hydrogen) atoms. The van der Waals surface area contributed by atoms with E-state index in [2.05, 4.69) is 25.5 Å². The fourth-order valence-corrected chi connectivity index (χ4v) is 13.1. The maximum atomic E-state index is 12.1. The molecule has 1 N–H and O–H groups in total. The average molecular weight is 883 g/mol. The predicted octanol–water partition coefficient (Wildman–Crippen LogP) is -4.07. The summed E-state index contributed by atoms with van der Waals surface area (Å²) in [6, 6.07) is 8.48. The Morgan fingerprint density at radius 2 is 1.46 bits per heavy atom. The van der Waals surface area contributed by atoms with Gasteiger partial charge in [-0.3, -0.25) is 17.6 Å². The summed E-state index contributed by atoms with van der Waals surface area (Å²) in [4.78, 5) is 0. The second kappa shape index (κ2) is 19.5. The maximum Gasteiger partial charge on any atom is 1.00 e. The number of benzene rings is 1. The van der Waals surface area contributed by atoms with E-state index in [0.29, 0.717) is 12.3 Å². The summed E-state index contributed by atoms with van der Waals surface area (Å²) < 4.78 is 121. The molecule has 4 aliphatic carbocycles. The molecule has 302 valence electrons. The topological polar surface area (TPSA) is 237 Å². The molecule has 2 aromatic rings. The molecule has 15 nitrogen and oxygen atoms in total. The fourth-order valence-electron chi connectivity index (χ4n) is 11.6. The summed E-state index contributed by atoms with van der Waals surface area (Å²) in [5, 5.41) is 16.4. The van der Waals surface area contributed by atoms with Crippen molar-refractivity contribution >= 4 is 31.2 Å². The molecule has 0 unspecified atom stereocenters. The Morgan fingerprint density at radius 3 is 2.04 bits per heavy atom. The minimum atomic E-state index is -5.37. The first kappa shape index (κ1) is 51.9. The molecule has 4 saturated carbocycles. The molecule has 1 aromatic carbocycles. The van der Waals surface area contributed by atoms with Crippen molar-refractivity contribution < 1.29 is 145 Å². The molecule has 12 atom stereocenters. The van der Waals surface area contributed by atoms with E-state index in [-0.39, 0.29) is 149 Å². The Balaban J connectivity index is 0.00000290. The van der Waals surface area contributed by atoms with Crippen molar-refractivity contribution in [3.8, 4) is 17.0 Å². The quantitative estimate of drug-likeness (QED) is 0.0873. The number of aromatic nitrogens is 2. The molecule has 1 heterocycles. The van der Waals surface area contributed by atoms with Crippen molar-refractivity contribution in [1.82, 2.24) is 9.78 Å². The molecule has 1 aromatic heterocycles. The summed E-state index contributed by atoms with van der Waals surface area (Å²) in [5.74, 6) is -0.422. The summed E-state index contributed by atoms with van der Waals surface area (Å²) in [7, 11) is -15.7. The Bertz CT molecular complexity index is 2050.